The second-order valence-corrected chi connectivity index (χ2v) is 4.93. The molecule has 1 unspecified atom stereocenters. The fourth-order valence-electron chi connectivity index (χ4n) is 1.74. The van der Waals surface area contributed by atoms with E-state index in [0.717, 1.165) is 5.69 Å². The van der Waals surface area contributed by atoms with Crippen molar-refractivity contribution in [1.29, 1.82) is 0 Å². The topological polar surface area (TPSA) is 107 Å². The first-order valence-electron chi connectivity index (χ1n) is 6.13. The van der Waals surface area contributed by atoms with Crippen molar-refractivity contribution in [1.82, 2.24) is 15.5 Å². The molecule has 4 N–H and O–H groups in total. The Morgan fingerprint density at radius 3 is 2.42 bits per heavy atom. The highest BCUT2D eigenvalue weighted by Gasteiger charge is 2.21. The highest BCUT2D eigenvalue weighted by Crippen LogP contribution is 2.15. The Hall–Kier alpha value is -2.05. The molecule has 0 saturated heterocycles. The summed E-state index contributed by atoms with van der Waals surface area (Å²) in [5.74, 6) is -0.858. The van der Waals surface area contributed by atoms with E-state index in [9.17, 15) is 9.59 Å². The van der Waals surface area contributed by atoms with E-state index in [1.54, 1.807) is 13.8 Å². The van der Waals surface area contributed by atoms with Crippen LogP contribution in [-0.2, 0) is 4.79 Å². The van der Waals surface area contributed by atoms with Crippen LogP contribution >= 0.6 is 0 Å². The first-order valence-corrected chi connectivity index (χ1v) is 6.13. The van der Waals surface area contributed by atoms with E-state index >= 15 is 0 Å². The molecule has 1 rings (SSSR count). The van der Waals surface area contributed by atoms with E-state index in [1.165, 1.54) is 0 Å². The van der Waals surface area contributed by atoms with Crippen LogP contribution in [0.3, 0.4) is 0 Å². The third kappa shape index (κ3) is 4.27. The Kier molecular flexibility index (Phi) is 4.91. The molecule has 1 aromatic rings. The van der Waals surface area contributed by atoms with Gasteiger partial charge >= 0.3 is 12.0 Å². The van der Waals surface area contributed by atoms with Crippen molar-refractivity contribution in [3.8, 4) is 0 Å². The number of carbonyl (C=O) groups is 2. The summed E-state index contributed by atoms with van der Waals surface area (Å²) in [5, 5.41) is 20.8. The Balaban J connectivity index is 2.65. The summed E-state index contributed by atoms with van der Waals surface area (Å²) < 4.78 is 0. The van der Waals surface area contributed by atoms with Crippen LogP contribution in [0.5, 0.6) is 0 Å². The van der Waals surface area contributed by atoms with Gasteiger partial charge in [-0.1, -0.05) is 13.8 Å². The quantitative estimate of drug-likeness (QED) is 0.651. The second kappa shape index (κ2) is 6.21. The van der Waals surface area contributed by atoms with Crippen LogP contribution in [0.4, 0.5) is 10.5 Å². The summed E-state index contributed by atoms with van der Waals surface area (Å²) in [7, 11) is 0. The molecule has 0 aliphatic rings. The fraction of sp³-hybridized carbons (Fsp3) is 0.583. The van der Waals surface area contributed by atoms with E-state index < -0.39 is 18.0 Å². The number of carbonyl (C=O) groups excluding carboxylic acids is 1. The normalized spacial score (nSPS) is 12.3. The number of aromatic nitrogens is 2. The maximum absolute atomic E-state index is 11.8. The summed E-state index contributed by atoms with van der Waals surface area (Å²) in [6.07, 6.45) is 0.381. The minimum absolute atomic E-state index is 0.179. The number of hydrogen-bond donors (Lipinski definition) is 4. The zero-order valence-electron chi connectivity index (χ0n) is 11.6. The molecule has 0 bridgehead atoms. The molecular weight excluding hydrogens is 248 g/mol. The van der Waals surface area contributed by atoms with Crippen LogP contribution in [0, 0.1) is 19.8 Å². The zero-order chi connectivity index (χ0) is 14.6. The van der Waals surface area contributed by atoms with E-state index in [-0.39, 0.29) is 5.92 Å². The Morgan fingerprint density at radius 1 is 1.37 bits per heavy atom. The van der Waals surface area contributed by atoms with Gasteiger partial charge in [-0.2, -0.15) is 5.10 Å². The fourth-order valence-corrected chi connectivity index (χ4v) is 1.74. The zero-order valence-corrected chi connectivity index (χ0v) is 11.6. The van der Waals surface area contributed by atoms with Crippen molar-refractivity contribution >= 4 is 17.7 Å². The molecule has 7 nitrogen and oxygen atoms in total. The number of aryl methyl sites for hydroxylation is 2. The van der Waals surface area contributed by atoms with Crippen LogP contribution in [0.2, 0.25) is 0 Å². The summed E-state index contributed by atoms with van der Waals surface area (Å²) in [6.45, 7) is 7.33. The molecule has 19 heavy (non-hydrogen) atoms. The smallest absolute Gasteiger partial charge is 0.326 e. The third-order valence-corrected chi connectivity index (χ3v) is 2.68. The number of anilines is 1. The van der Waals surface area contributed by atoms with Gasteiger partial charge in [0, 0.05) is 0 Å². The first-order chi connectivity index (χ1) is 8.81. The largest absolute Gasteiger partial charge is 0.480 e. The number of aromatic amines is 1. The van der Waals surface area contributed by atoms with Gasteiger partial charge in [0.15, 0.2) is 0 Å². The minimum Gasteiger partial charge on any atom is -0.480 e. The molecule has 1 heterocycles. The van der Waals surface area contributed by atoms with Crippen LogP contribution in [0.25, 0.3) is 0 Å². The van der Waals surface area contributed by atoms with Crippen molar-refractivity contribution in [3.63, 3.8) is 0 Å². The van der Waals surface area contributed by atoms with Gasteiger partial charge in [-0.3, -0.25) is 5.10 Å². The van der Waals surface area contributed by atoms with Crippen molar-refractivity contribution in [2.75, 3.05) is 5.32 Å². The Morgan fingerprint density at radius 2 is 2.00 bits per heavy atom. The molecule has 0 spiro atoms. The van der Waals surface area contributed by atoms with E-state index in [1.807, 2.05) is 13.8 Å². The highest BCUT2D eigenvalue weighted by molar-refractivity contribution is 5.93. The Labute approximate surface area is 111 Å². The average Bonchev–Trinajstić information content (AvgIpc) is 2.59. The summed E-state index contributed by atoms with van der Waals surface area (Å²) in [4.78, 5) is 22.8. The molecule has 0 aliphatic carbocycles. The predicted octanol–water partition coefficient (Wildman–Crippen LogP) is 1.65. The monoisotopic (exact) mass is 268 g/mol. The summed E-state index contributed by atoms with van der Waals surface area (Å²) in [5.41, 5.74) is 1.96. The minimum atomic E-state index is -1.04. The Bertz CT molecular complexity index is 448. The lowest BCUT2D eigenvalue weighted by atomic mass is 10.0. The van der Waals surface area contributed by atoms with Crippen molar-refractivity contribution < 1.29 is 14.7 Å². The lowest BCUT2D eigenvalue weighted by Crippen LogP contribution is -2.43. The molecule has 0 radical (unpaired) electrons. The number of hydrogen-bond acceptors (Lipinski definition) is 3. The molecule has 1 atom stereocenters. The maximum atomic E-state index is 11.8. The standard InChI is InChI=1S/C12H20N4O3/c1-6(2)5-9(11(17)18)13-12(19)14-10-7(3)15-16-8(10)4/h6,9H,5H2,1-4H3,(H,15,16)(H,17,18)(H2,13,14,19). The number of rotatable bonds is 5. The number of urea groups is 1. The molecule has 1 aromatic heterocycles. The van der Waals surface area contributed by atoms with Crippen LogP contribution in [0.15, 0.2) is 0 Å². The third-order valence-electron chi connectivity index (χ3n) is 2.68. The average molecular weight is 268 g/mol. The van der Waals surface area contributed by atoms with Gasteiger partial charge in [0.1, 0.15) is 6.04 Å². The number of H-pyrrole nitrogens is 1. The van der Waals surface area contributed by atoms with E-state index in [2.05, 4.69) is 20.8 Å². The predicted molar refractivity (Wildman–Crippen MR) is 71.1 cm³/mol. The van der Waals surface area contributed by atoms with Crippen molar-refractivity contribution in [2.45, 2.75) is 40.2 Å². The molecule has 0 aliphatic heterocycles. The van der Waals surface area contributed by atoms with Gasteiger partial charge in [-0.05, 0) is 26.2 Å². The molecule has 0 saturated carbocycles. The number of carboxylic acid groups (broad SMARTS) is 1. The number of carboxylic acids is 1. The summed E-state index contributed by atoms with van der Waals surface area (Å²) >= 11 is 0. The molecule has 0 aromatic carbocycles. The second-order valence-electron chi connectivity index (χ2n) is 4.93. The molecular formula is C12H20N4O3. The lowest BCUT2D eigenvalue weighted by molar-refractivity contribution is -0.139. The number of aliphatic carboxylic acids is 1. The van der Waals surface area contributed by atoms with E-state index in [0.29, 0.717) is 17.8 Å². The van der Waals surface area contributed by atoms with Gasteiger partial charge < -0.3 is 15.7 Å². The molecule has 7 heteroatoms. The van der Waals surface area contributed by atoms with Gasteiger partial charge in [0.2, 0.25) is 0 Å². The lowest BCUT2D eigenvalue weighted by Gasteiger charge is -2.16. The van der Waals surface area contributed by atoms with Gasteiger partial charge in [-0.15, -0.1) is 0 Å². The van der Waals surface area contributed by atoms with Crippen molar-refractivity contribution in [3.05, 3.63) is 11.4 Å². The van der Waals surface area contributed by atoms with E-state index in [4.69, 9.17) is 5.11 Å². The number of nitrogens with zero attached hydrogens (tertiary/aromatic N) is 1. The SMILES string of the molecule is Cc1n[nH]c(C)c1NC(=O)NC(CC(C)C)C(=O)O. The molecule has 2 amide bonds. The summed E-state index contributed by atoms with van der Waals surface area (Å²) in [6, 6.07) is -1.44. The van der Waals surface area contributed by atoms with Crippen LogP contribution in [0.1, 0.15) is 31.7 Å². The number of amides is 2. The molecule has 106 valence electrons. The van der Waals surface area contributed by atoms with Gasteiger partial charge in [0.25, 0.3) is 0 Å². The highest BCUT2D eigenvalue weighted by atomic mass is 16.4. The van der Waals surface area contributed by atoms with Gasteiger partial charge in [-0.25, -0.2) is 9.59 Å². The van der Waals surface area contributed by atoms with Crippen molar-refractivity contribution in [2.24, 2.45) is 5.92 Å². The molecule has 0 fully saturated rings. The van der Waals surface area contributed by atoms with Crippen LogP contribution < -0.4 is 10.6 Å². The van der Waals surface area contributed by atoms with Crippen LogP contribution in [-0.4, -0.2) is 33.3 Å². The van der Waals surface area contributed by atoms with Gasteiger partial charge in [0.05, 0.1) is 17.1 Å². The number of nitrogens with one attached hydrogen (secondary N) is 3. The first kappa shape index (κ1) is 15.0. The maximum Gasteiger partial charge on any atom is 0.326 e.